The zero-order chi connectivity index (χ0) is 14.1. The lowest BCUT2D eigenvalue weighted by atomic mass is 9.76. The average Bonchev–Trinajstić information content (AvgIpc) is 3.07. The van der Waals surface area contributed by atoms with Crippen molar-refractivity contribution in [2.75, 3.05) is 27.2 Å². The van der Waals surface area contributed by atoms with Crippen molar-refractivity contribution < 1.29 is 8.42 Å². The molecule has 0 aromatic heterocycles. The molecule has 0 aromatic carbocycles. The summed E-state index contributed by atoms with van der Waals surface area (Å²) in [5.74, 6) is 0. The van der Waals surface area contributed by atoms with E-state index in [1.807, 2.05) is 14.1 Å². The summed E-state index contributed by atoms with van der Waals surface area (Å²) in [4.78, 5) is 2.16. The number of nitrogens with zero attached hydrogens (tertiary/aromatic N) is 1. The lowest BCUT2D eigenvalue weighted by Crippen LogP contribution is -2.58. The quantitative estimate of drug-likeness (QED) is 0.684. The van der Waals surface area contributed by atoms with Gasteiger partial charge in [0.05, 0.1) is 5.25 Å². The van der Waals surface area contributed by atoms with Crippen LogP contribution in [0, 0.1) is 0 Å². The molecule has 112 valence electrons. The Balaban J connectivity index is 1.82. The second-order valence-corrected chi connectivity index (χ2v) is 8.52. The summed E-state index contributed by atoms with van der Waals surface area (Å²) in [5, 5.41) is 2.91. The number of nitrogens with one attached hydrogen (secondary N) is 2. The molecular weight excluding hydrogens is 262 g/mol. The number of rotatable bonds is 8. The van der Waals surface area contributed by atoms with Gasteiger partial charge in [-0.3, -0.25) is 0 Å². The van der Waals surface area contributed by atoms with Crippen LogP contribution < -0.4 is 10.0 Å². The molecule has 0 aliphatic heterocycles. The second-order valence-electron chi connectivity index (χ2n) is 6.33. The smallest absolute Gasteiger partial charge is 0.215 e. The van der Waals surface area contributed by atoms with Crippen molar-refractivity contribution in [3.8, 4) is 0 Å². The molecule has 1 unspecified atom stereocenters. The molecule has 2 N–H and O–H groups in total. The molecule has 2 rings (SSSR count). The SMILES string of the molecule is CC(CNC1CC1)S(=O)(=O)NCC1(N(C)C)CCC1. The molecule has 0 heterocycles. The first-order chi connectivity index (χ1) is 8.86. The molecule has 1 atom stereocenters. The molecule has 6 heteroatoms. The van der Waals surface area contributed by atoms with Crippen molar-refractivity contribution in [2.45, 2.75) is 55.9 Å². The maximum absolute atomic E-state index is 12.2. The minimum atomic E-state index is -3.21. The van der Waals surface area contributed by atoms with E-state index < -0.39 is 10.0 Å². The molecular formula is C13H27N3O2S. The fourth-order valence-corrected chi connectivity index (χ4v) is 3.54. The van der Waals surface area contributed by atoms with Gasteiger partial charge in [0.25, 0.3) is 0 Å². The molecule has 0 spiro atoms. The molecule has 2 fully saturated rings. The van der Waals surface area contributed by atoms with E-state index in [2.05, 4.69) is 14.9 Å². The van der Waals surface area contributed by atoms with Crippen molar-refractivity contribution >= 4 is 10.0 Å². The lowest BCUT2D eigenvalue weighted by molar-refractivity contribution is 0.0656. The van der Waals surface area contributed by atoms with Crippen molar-refractivity contribution in [3.05, 3.63) is 0 Å². The largest absolute Gasteiger partial charge is 0.313 e. The van der Waals surface area contributed by atoms with Crippen LogP contribution in [-0.4, -0.2) is 57.3 Å². The van der Waals surface area contributed by atoms with Crippen molar-refractivity contribution in [2.24, 2.45) is 0 Å². The number of likely N-dealkylation sites (N-methyl/N-ethyl adjacent to an activating group) is 1. The van der Waals surface area contributed by atoms with Gasteiger partial charge in [-0.15, -0.1) is 0 Å². The van der Waals surface area contributed by atoms with Crippen LogP contribution in [0.15, 0.2) is 0 Å². The number of sulfonamides is 1. The molecule has 5 nitrogen and oxygen atoms in total. The molecule has 0 aromatic rings. The van der Waals surface area contributed by atoms with Crippen molar-refractivity contribution in [1.29, 1.82) is 0 Å². The van der Waals surface area contributed by atoms with Gasteiger partial charge >= 0.3 is 0 Å². The third kappa shape index (κ3) is 3.68. The molecule has 0 saturated heterocycles. The summed E-state index contributed by atoms with van der Waals surface area (Å²) < 4.78 is 27.2. The highest BCUT2D eigenvalue weighted by atomic mass is 32.2. The summed E-state index contributed by atoms with van der Waals surface area (Å²) in [5.41, 5.74) is 0.0384. The maximum atomic E-state index is 12.2. The maximum Gasteiger partial charge on any atom is 0.215 e. The summed E-state index contributed by atoms with van der Waals surface area (Å²) in [6.45, 7) is 2.87. The molecule has 0 bridgehead atoms. The van der Waals surface area contributed by atoms with Crippen LogP contribution in [0.2, 0.25) is 0 Å². The number of hydrogen-bond donors (Lipinski definition) is 2. The predicted octanol–water partition coefficient (Wildman–Crippen LogP) is 0.531. The fourth-order valence-electron chi connectivity index (χ4n) is 2.47. The number of hydrogen-bond acceptors (Lipinski definition) is 4. The van der Waals surface area contributed by atoms with Crippen molar-refractivity contribution in [3.63, 3.8) is 0 Å². The average molecular weight is 289 g/mol. The normalized spacial score (nSPS) is 24.2. The Morgan fingerprint density at radius 1 is 1.32 bits per heavy atom. The van der Waals surface area contributed by atoms with Crippen LogP contribution in [0.25, 0.3) is 0 Å². The third-order valence-electron chi connectivity index (χ3n) is 4.64. The third-order valence-corrected chi connectivity index (χ3v) is 6.41. The van der Waals surface area contributed by atoms with Crippen LogP contribution in [0.3, 0.4) is 0 Å². The zero-order valence-corrected chi connectivity index (χ0v) is 13.1. The highest BCUT2D eigenvalue weighted by molar-refractivity contribution is 7.90. The first-order valence-electron chi connectivity index (χ1n) is 7.25. The van der Waals surface area contributed by atoms with E-state index in [1.165, 1.54) is 19.3 Å². The van der Waals surface area contributed by atoms with E-state index in [0.717, 1.165) is 12.8 Å². The minimum absolute atomic E-state index is 0.0384. The molecule has 19 heavy (non-hydrogen) atoms. The minimum Gasteiger partial charge on any atom is -0.313 e. The first-order valence-corrected chi connectivity index (χ1v) is 8.80. The molecule has 2 aliphatic carbocycles. The standard InChI is InChI=1S/C13H27N3O2S/c1-11(9-14-12-5-6-12)19(17,18)15-10-13(16(2)3)7-4-8-13/h11-12,14-15H,4-10H2,1-3H3. The van der Waals surface area contributed by atoms with E-state index in [-0.39, 0.29) is 10.8 Å². The van der Waals surface area contributed by atoms with E-state index >= 15 is 0 Å². The van der Waals surface area contributed by atoms with Gasteiger partial charge in [0.15, 0.2) is 0 Å². The van der Waals surface area contributed by atoms with Gasteiger partial charge in [0, 0.05) is 24.7 Å². The summed E-state index contributed by atoms with van der Waals surface area (Å²) in [7, 11) is 0.856. The van der Waals surface area contributed by atoms with Crippen LogP contribution >= 0.6 is 0 Å². The molecule has 0 amide bonds. The van der Waals surface area contributed by atoms with Gasteiger partial charge in [-0.25, -0.2) is 13.1 Å². The summed E-state index contributed by atoms with van der Waals surface area (Å²) in [6, 6.07) is 0.553. The fraction of sp³-hybridized carbons (Fsp3) is 1.00. The van der Waals surface area contributed by atoms with Crippen LogP contribution in [-0.2, 0) is 10.0 Å². The topological polar surface area (TPSA) is 61.4 Å². The van der Waals surface area contributed by atoms with Gasteiger partial charge < -0.3 is 10.2 Å². The first kappa shape index (κ1) is 15.2. The van der Waals surface area contributed by atoms with Crippen LogP contribution in [0.4, 0.5) is 0 Å². The Morgan fingerprint density at radius 2 is 1.95 bits per heavy atom. The van der Waals surface area contributed by atoms with Crippen molar-refractivity contribution in [1.82, 2.24) is 14.9 Å². The highest BCUT2D eigenvalue weighted by Crippen LogP contribution is 2.35. The summed E-state index contributed by atoms with van der Waals surface area (Å²) in [6.07, 6.45) is 5.72. The molecule has 2 aliphatic rings. The van der Waals surface area contributed by atoms with Crippen LogP contribution in [0.5, 0.6) is 0 Å². The zero-order valence-electron chi connectivity index (χ0n) is 12.3. The highest BCUT2D eigenvalue weighted by Gasteiger charge is 2.40. The van der Waals surface area contributed by atoms with Gasteiger partial charge in [-0.05, 0) is 53.1 Å². The Hall–Kier alpha value is -0.170. The van der Waals surface area contributed by atoms with Gasteiger partial charge in [0.2, 0.25) is 10.0 Å². The van der Waals surface area contributed by atoms with Gasteiger partial charge in [-0.2, -0.15) is 0 Å². The summed E-state index contributed by atoms with van der Waals surface area (Å²) >= 11 is 0. The monoisotopic (exact) mass is 289 g/mol. The Morgan fingerprint density at radius 3 is 2.37 bits per heavy atom. The Kier molecular flexibility index (Phi) is 4.55. The van der Waals surface area contributed by atoms with Gasteiger partial charge in [-0.1, -0.05) is 0 Å². The van der Waals surface area contributed by atoms with Crippen LogP contribution in [0.1, 0.15) is 39.0 Å². The predicted molar refractivity (Wildman–Crippen MR) is 77.7 cm³/mol. The molecule has 0 radical (unpaired) electrons. The van der Waals surface area contributed by atoms with E-state index in [4.69, 9.17) is 0 Å². The Labute approximate surface area is 117 Å². The van der Waals surface area contributed by atoms with E-state index in [1.54, 1.807) is 6.92 Å². The molecule has 2 saturated carbocycles. The Bertz CT molecular complexity index is 400. The lowest BCUT2D eigenvalue weighted by Gasteiger charge is -2.47. The van der Waals surface area contributed by atoms with E-state index in [0.29, 0.717) is 19.1 Å². The second kappa shape index (κ2) is 5.68. The van der Waals surface area contributed by atoms with Gasteiger partial charge in [0.1, 0.15) is 0 Å². The van der Waals surface area contributed by atoms with E-state index in [9.17, 15) is 8.42 Å².